The van der Waals surface area contributed by atoms with E-state index in [2.05, 4.69) is 5.32 Å². The van der Waals surface area contributed by atoms with Crippen molar-refractivity contribution in [1.82, 2.24) is 0 Å². The molecule has 0 saturated heterocycles. The summed E-state index contributed by atoms with van der Waals surface area (Å²) in [6.07, 6.45) is 3.02. The van der Waals surface area contributed by atoms with E-state index in [9.17, 15) is 4.79 Å². The first-order valence-electron chi connectivity index (χ1n) is 6.70. The van der Waals surface area contributed by atoms with Crippen molar-refractivity contribution in [3.63, 3.8) is 0 Å². The van der Waals surface area contributed by atoms with Crippen LogP contribution in [-0.2, 0) is 4.79 Å². The molecule has 0 atom stereocenters. The summed E-state index contributed by atoms with van der Waals surface area (Å²) in [5, 5.41) is 3.35. The zero-order chi connectivity index (χ0) is 16.8. The van der Waals surface area contributed by atoms with Crippen molar-refractivity contribution in [3.8, 4) is 11.5 Å². The molecule has 4 nitrogen and oxygen atoms in total. The largest absolute Gasteiger partial charge is 0.497 e. The molecule has 0 bridgehead atoms. The molecule has 0 radical (unpaired) electrons. The van der Waals surface area contributed by atoms with Crippen molar-refractivity contribution >= 4 is 40.9 Å². The molecule has 23 heavy (non-hydrogen) atoms. The lowest BCUT2D eigenvalue weighted by molar-refractivity contribution is -0.111. The summed E-state index contributed by atoms with van der Waals surface area (Å²) in [6.45, 7) is 0. The van der Waals surface area contributed by atoms with E-state index in [1.165, 1.54) is 6.08 Å². The Labute approximate surface area is 144 Å². The van der Waals surface area contributed by atoms with Gasteiger partial charge in [0.15, 0.2) is 0 Å². The maximum absolute atomic E-state index is 12.0. The Bertz CT molecular complexity index is 745. The highest BCUT2D eigenvalue weighted by atomic mass is 35.5. The lowest BCUT2D eigenvalue weighted by atomic mass is 10.1. The third-order valence-corrected chi connectivity index (χ3v) is 3.88. The molecule has 2 aromatic rings. The first-order valence-corrected chi connectivity index (χ1v) is 7.46. The zero-order valence-corrected chi connectivity index (χ0v) is 14.1. The van der Waals surface area contributed by atoms with Crippen molar-refractivity contribution in [1.29, 1.82) is 0 Å². The fourth-order valence-electron chi connectivity index (χ4n) is 1.91. The third-order valence-electron chi connectivity index (χ3n) is 3.06. The molecule has 0 fully saturated rings. The summed E-state index contributed by atoms with van der Waals surface area (Å²) in [4.78, 5) is 12.0. The quantitative estimate of drug-likeness (QED) is 0.796. The fourth-order valence-corrected chi connectivity index (χ4v) is 2.26. The minimum atomic E-state index is -0.334. The number of hydrogen-bond donors (Lipinski definition) is 1. The zero-order valence-electron chi connectivity index (χ0n) is 12.6. The highest BCUT2D eigenvalue weighted by Gasteiger charge is 2.07. The normalized spacial score (nSPS) is 10.6. The van der Waals surface area contributed by atoms with Gasteiger partial charge in [-0.3, -0.25) is 4.79 Å². The lowest BCUT2D eigenvalue weighted by Crippen LogP contribution is -2.08. The summed E-state index contributed by atoms with van der Waals surface area (Å²) in [7, 11) is 3.13. The second kappa shape index (κ2) is 7.90. The van der Waals surface area contributed by atoms with Gasteiger partial charge in [-0.2, -0.15) is 0 Å². The molecule has 120 valence electrons. The van der Waals surface area contributed by atoms with Gasteiger partial charge in [-0.25, -0.2) is 0 Å². The summed E-state index contributed by atoms with van der Waals surface area (Å²) in [6, 6.07) is 10.3. The van der Waals surface area contributed by atoms with E-state index in [0.29, 0.717) is 27.2 Å². The molecule has 0 aromatic heterocycles. The average Bonchev–Trinajstić information content (AvgIpc) is 2.56. The topological polar surface area (TPSA) is 47.6 Å². The molecular weight excluding hydrogens is 337 g/mol. The number of carbonyl (C=O) groups excluding carboxylic acids is 1. The smallest absolute Gasteiger partial charge is 0.248 e. The van der Waals surface area contributed by atoms with Crippen molar-refractivity contribution in [2.45, 2.75) is 0 Å². The molecule has 0 saturated carbocycles. The van der Waals surface area contributed by atoms with Crippen molar-refractivity contribution in [3.05, 3.63) is 58.1 Å². The van der Waals surface area contributed by atoms with Crippen LogP contribution in [0.2, 0.25) is 10.0 Å². The lowest BCUT2D eigenvalue weighted by Gasteiger charge is -2.08. The number of anilines is 1. The number of nitrogens with one attached hydrogen (secondary N) is 1. The molecule has 2 rings (SSSR count). The summed E-state index contributed by atoms with van der Waals surface area (Å²) < 4.78 is 10.4. The van der Waals surface area contributed by atoms with E-state index in [1.807, 2.05) is 0 Å². The number of methoxy groups -OCH3 is 2. The monoisotopic (exact) mass is 351 g/mol. The van der Waals surface area contributed by atoms with E-state index >= 15 is 0 Å². The Balaban J connectivity index is 2.16. The number of halogens is 2. The maximum atomic E-state index is 12.0. The predicted molar refractivity (Wildman–Crippen MR) is 93.7 cm³/mol. The van der Waals surface area contributed by atoms with Gasteiger partial charge in [0, 0.05) is 11.6 Å². The number of rotatable bonds is 5. The predicted octanol–water partition coefficient (Wildman–Crippen LogP) is 4.66. The number of amides is 1. The molecule has 0 aliphatic rings. The summed E-state index contributed by atoms with van der Waals surface area (Å²) in [5.74, 6) is 0.971. The highest BCUT2D eigenvalue weighted by Crippen LogP contribution is 2.29. The molecule has 0 aliphatic carbocycles. The van der Waals surface area contributed by atoms with Gasteiger partial charge in [-0.05, 0) is 36.4 Å². The average molecular weight is 352 g/mol. The van der Waals surface area contributed by atoms with Gasteiger partial charge in [0.2, 0.25) is 5.91 Å². The molecule has 1 amide bonds. The SMILES string of the molecule is COc1ccc(OC)c(/C=C/C(=O)Nc2cccc(Cl)c2Cl)c1. The Morgan fingerprint density at radius 2 is 1.91 bits per heavy atom. The van der Waals surface area contributed by atoms with Gasteiger partial charge in [0.05, 0.1) is 30.0 Å². The molecule has 0 spiro atoms. The van der Waals surface area contributed by atoms with E-state index < -0.39 is 0 Å². The van der Waals surface area contributed by atoms with Gasteiger partial charge in [0.1, 0.15) is 11.5 Å². The minimum absolute atomic E-state index is 0.301. The Morgan fingerprint density at radius 3 is 2.61 bits per heavy atom. The number of benzene rings is 2. The molecule has 6 heteroatoms. The first kappa shape index (κ1) is 17.2. The van der Waals surface area contributed by atoms with Crippen LogP contribution >= 0.6 is 23.2 Å². The van der Waals surface area contributed by atoms with E-state index in [-0.39, 0.29) is 5.91 Å². The maximum Gasteiger partial charge on any atom is 0.248 e. The van der Waals surface area contributed by atoms with Crippen LogP contribution in [-0.4, -0.2) is 20.1 Å². The standard InChI is InChI=1S/C17H15Cl2NO3/c1-22-12-7-8-15(23-2)11(10-12)6-9-16(21)20-14-5-3-4-13(18)17(14)19/h3-10H,1-2H3,(H,20,21)/b9-6+. The van der Waals surface area contributed by atoms with Crippen molar-refractivity contribution < 1.29 is 14.3 Å². The van der Waals surface area contributed by atoms with Crippen LogP contribution in [0.3, 0.4) is 0 Å². The third kappa shape index (κ3) is 4.41. The van der Waals surface area contributed by atoms with Gasteiger partial charge >= 0.3 is 0 Å². The molecular formula is C17H15Cl2NO3. The van der Waals surface area contributed by atoms with Crippen LogP contribution in [0.1, 0.15) is 5.56 Å². The minimum Gasteiger partial charge on any atom is -0.497 e. The molecule has 0 aliphatic heterocycles. The number of carbonyl (C=O) groups is 1. The summed E-state index contributed by atoms with van der Waals surface area (Å²) in [5.41, 5.74) is 1.17. The van der Waals surface area contributed by atoms with Crippen LogP contribution in [0.5, 0.6) is 11.5 Å². The van der Waals surface area contributed by atoms with E-state index in [1.54, 1.807) is 56.7 Å². The Morgan fingerprint density at radius 1 is 1.13 bits per heavy atom. The first-order chi connectivity index (χ1) is 11.0. The number of hydrogen-bond acceptors (Lipinski definition) is 3. The van der Waals surface area contributed by atoms with Gasteiger partial charge in [-0.15, -0.1) is 0 Å². The number of ether oxygens (including phenoxy) is 2. The van der Waals surface area contributed by atoms with Crippen LogP contribution in [0, 0.1) is 0 Å². The van der Waals surface area contributed by atoms with Gasteiger partial charge < -0.3 is 14.8 Å². The summed E-state index contributed by atoms with van der Waals surface area (Å²) >= 11 is 11.9. The van der Waals surface area contributed by atoms with E-state index in [4.69, 9.17) is 32.7 Å². The Kier molecular flexibility index (Phi) is 5.90. The van der Waals surface area contributed by atoms with Crippen molar-refractivity contribution in [2.24, 2.45) is 0 Å². The Hall–Kier alpha value is -2.17. The van der Waals surface area contributed by atoms with Crippen molar-refractivity contribution in [2.75, 3.05) is 19.5 Å². The molecule has 1 N–H and O–H groups in total. The van der Waals surface area contributed by atoms with Crippen LogP contribution in [0.25, 0.3) is 6.08 Å². The van der Waals surface area contributed by atoms with E-state index in [0.717, 1.165) is 5.56 Å². The second-order valence-electron chi connectivity index (χ2n) is 4.53. The van der Waals surface area contributed by atoms with Gasteiger partial charge in [-0.1, -0.05) is 29.3 Å². The van der Waals surface area contributed by atoms with Crippen LogP contribution < -0.4 is 14.8 Å². The second-order valence-corrected chi connectivity index (χ2v) is 5.32. The van der Waals surface area contributed by atoms with Crippen LogP contribution in [0.15, 0.2) is 42.5 Å². The van der Waals surface area contributed by atoms with Gasteiger partial charge in [0.25, 0.3) is 0 Å². The molecule has 0 heterocycles. The van der Waals surface area contributed by atoms with Crippen LogP contribution in [0.4, 0.5) is 5.69 Å². The molecule has 0 unspecified atom stereocenters. The molecule has 2 aromatic carbocycles. The highest BCUT2D eigenvalue weighted by molar-refractivity contribution is 6.44. The fraction of sp³-hybridized carbons (Fsp3) is 0.118.